The van der Waals surface area contributed by atoms with E-state index in [-0.39, 0.29) is 5.56 Å². The number of carbonyl (C=O) groups is 1. The SMILES string of the molecule is O=C(O)c1ccc(Sc2ccc(Br)cn2)cc1[N+](=O)[O-]. The third kappa shape index (κ3) is 3.34. The summed E-state index contributed by atoms with van der Waals surface area (Å²) in [6.45, 7) is 0. The van der Waals surface area contributed by atoms with Crippen molar-refractivity contribution in [2.24, 2.45) is 0 Å². The molecule has 0 aliphatic rings. The molecule has 0 saturated carbocycles. The molecule has 20 heavy (non-hydrogen) atoms. The summed E-state index contributed by atoms with van der Waals surface area (Å²) in [7, 11) is 0. The summed E-state index contributed by atoms with van der Waals surface area (Å²) >= 11 is 4.48. The van der Waals surface area contributed by atoms with Gasteiger partial charge in [0.2, 0.25) is 0 Å². The van der Waals surface area contributed by atoms with Crippen molar-refractivity contribution in [2.75, 3.05) is 0 Å². The Kier molecular flexibility index (Phi) is 4.35. The highest BCUT2D eigenvalue weighted by Gasteiger charge is 2.20. The van der Waals surface area contributed by atoms with Crippen LogP contribution in [0.15, 0.2) is 50.9 Å². The number of aromatic nitrogens is 1. The first-order valence-electron chi connectivity index (χ1n) is 5.28. The zero-order chi connectivity index (χ0) is 14.7. The van der Waals surface area contributed by atoms with Gasteiger partial charge in [0.15, 0.2) is 0 Å². The lowest BCUT2D eigenvalue weighted by Gasteiger charge is -2.03. The molecular weight excluding hydrogens is 348 g/mol. The fourth-order valence-electron chi connectivity index (χ4n) is 1.45. The predicted molar refractivity (Wildman–Crippen MR) is 76.1 cm³/mol. The number of pyridine rings is 1. The van der Waals surface area contributed by atoms with Crippen molar-refractivity contribution < 1.29 is 14.8 Å². The molecule has 0 atom stereocenters. The molecule has 8 heteroatoms. The topological polar surface area (TPSA) is 93.3 Å². The summed E-state index contributed by atoms with van der Waals surface area (Å²) < 4.78 is 0.828. The molecule has 6 nitrogen and oxygen atoms in total. The maximum Gasteiger partial charge on any atom is 0.342 e. The predicted octanol–water partition coefficient (Wildman–Crippen LogP) is 3.60. The lowest BCUT2D eigenvalue weighted by atomic mass is 10.2. The molecule has 0 saturated heterocycles. The van der Waals surface area contributed by atoms with Crippen molar-refractivity contribution in [2.45, 2.75) is 9.92 Å². The fraction of sp³-hybridized carbons (Fsp3) is 0. The van der Waals surface area contributed by atoms with Crippen molar-refractivity contribution >= 4 is 39.3 Å². The van der Waals surface area contributed by atoms with Gasteiger partial charge in [-0.25, -0.2) is 9.78 Å². The van der Waals surface area contributed by atoms with Crippen LogP contribution in [0.4, 0.5) is 5.69 Å². The number of carboxylic acids is 1. The van der Waals surface area contributed by atoms with Gasteiger partial charge in [-0.15, -0.1) is 0 Å². The Bertz CT molecular complexity index is 676. The summed E-state index contributed by atoms with van der Waals surface area (Å²) in [5, 5.41) is 20.4. The summed E-state index contributed by atoms with van der Waals surface area (Å²) in [5.74, 6) is -1.32. The molecule has 1 aromatic heterocycles. The van der Waals surface area contributed by atoms with E-state index in [1.54, 1.807) is 18.3 Å². The van der Waals surface area contributed by atoms with Crippen LogP contribution in [0.3, 0.4) is 0 Å². The first-order valence-corrected chi connectivity index (χ1v) is 6.89. The van der Waals surface area contributed by atoms with Crippen LogP contribution in [0, 0.1) is 10.1 Å². The van der Waals surface area contributed by atoms with Gasteiger partial charge >= 0.3 is 5.97 Å². The molecule has 0 aliphatic heterocycles. The quantitative estimate of drug-likeness (QED) is 0.665. The van der Waals surface area contributed by atoms with Crippen molar-refractivity contribution in [3.8, 4) is 0 Å². The summed E-state index contributed by atoms with van der Waals surface area (Å²) in [6.07, 6.45) is 1.61. The highest BCUT2D eigenvalue weighted by molar-refractivity contribution is 9.10. The van der Waals surface area contributed by atoms with E-state index in [0.29, 0.717) is 9.92 Å². The second-order valence-electron chi connectivity index (χ2n) is 3.66. The van der Waals surface area contributed by atoms with Gasteiger partial charge in [-0.05, 0) is 40.2 Å². The Balaban J connectivity index is 2.34. The van der Waals surface area contributed by atoms with E-state index in [2.05, 4.69) is 20.9 Å². The third-order valence-electron chi connectivity index (χ3n) is 2.32. The standard InChI is InChI=1S/C12H7BrN2O4S/c13-7-1-4-11(14-6-7)20-8-2-3-9(12(16)17)10(5-8)15(18)19/h1-6H,(H,16,17). The van der Waals surface area contributed by atoms with Gasteiger partial charge in [-0.1, -0.05) is 11.8 Å². The molecule has 0 bridgehead atoms. The van der Waals surface area contributed by atoms with Crippen molar-refractivity contribution in [3.05, 3.63) is 56.7 Å². The van der Waals surface area contributed by atoms with Gasteiger partial charge in [-0.2, -0.15) is 0 Å². The van der Waals surface area contributed by atoms with Crippen molar-refractivity contribution in [1.29, 1.82) is 0 Å². The first-order chi connectivity index (χ1) is 9.47. The minimum absolute atomic E-state index is 0.330. The van der Waals surface area contributed by atoms with Crippen LogP contribution in [0.2, 0.25) is 0 Å². The molecule has 1 heterocycles. The molecule has 0 radical (unpaired) electrons. The number of nitrogens with zero attached hydrogens (tertiary/aromatic N) is 2. The molecule has 102 valence electrons. The second-order valence-corrected chi connectivity index (χ2v) is 5.67. The van der Waals surface area contributed by atoms with Gasteiger partial charge in [0, 0.05) is 21.6 Å². The normalized spacial score (nSPS) is 10.2. The zero-order valence-electron chi connectivity index (χ0n) is 9.82. The number of carboxylic acid groups (broad SMARTS) is 1. The van der Waals surface area contributed by atoms with Crippen LogP contribution in [-0.2, 0) is 0 Å². The first kappa shape index (κ1) is 14.5. The molecular formula is C12H7BrN2O4S. The van der Waals surface area contributed by atoms with E-state index < -0.39 is 16.6 Å². The number of hydrogen-bond acceptors (Lipinski definition) is 5. The molecule has 1 N–H and O–H groups in total. The van der Waals surface area contributed by atoms with Gasteiger partial charge in [-0.3, -0.25) is 10.1 Å². The molecule has 0 amide bonds. The van der Waals surface area contributed by atoms with Gasteiger partial charge in [0.05, 0.1) is 4.92 Å². The Morgan fingerprint density at radius 3 is 2.65 bits per heavy atom. The Morgan fingerprint density at radius 1 is 1.35 bits per heavy atom. The number of halogens is 1. The average molecular weight is 355 g/mol. The number of rotatable bonds is 4. The molecule has 0 spiro atoms. The van der Waals surface area contributed by atoms with Crippen molar-refractivity contribution in [1.82, 2.24) is 4.98 Å². The number of aromatic carboxylic acids is 1. The molecule has 0 fully saturated rings. The average Bonchev–Trinajstić information content (AvgIpc) is 2.41. The van der Waals surface area contributed by atoms with E-state index in [1.807, 2.05) is 0 Å². The van der Waals surface area contributed by atoms with E-state index in [9.17, 15) is 14.9 Å². The van der Waals surface area contributed by atoms with Crippen LogP contribution in [-0.4, -0.2) is 21.0 Å². The maximum atomic E-state index is 10.9. The summed E-state index contributed by atoms with van der Waals surface area (Å²) in [4.78, 5) is 25.8. The highest BCUT2D eigenvalue weighted by atomic mass is 79.9. The van der Waals surface area contributed by atoms with E-state index in [0.717, 1.165) is 4.47 Å². The fourth-order valence-corrected chi connectivity index (χ4v) is 2.47. The minimum atomic E-state index is -1.32. The third-order valence-corrected chi connectivity index (χ3v) is 3.73. The van der Waals surface area contributed by atoms with Crippen LogP contribution in [0.1, 0.15) is 10.4 Å². The van der Waals surface area contributed by atoms with Crippen LogP contribution < -0.4 is 0 Å². The maximum absolute atomic E-state index is 10.9. The van der Waals surface area contributed by atoms with E-state index in [4.69, 9.17) is 5.11 Å². The van der Waals surface area contributed by atoms with Crippen molar-refractivity contribution in [3.63, 3.8) is 0 Å². The number of hydrogen-bond donors (Lipinski definition) is 1. The van der Waals surface area contributed by atoms with Gasteiger partial charge in [0.1, 0.15) is 10.6 Å². The summed E-state index contributed by atoms with van der Waals surface area (Å²) in [6, 6.07) is 7.53. The van der Waals surface area contributed by atoms with E-state index >= 15 is 0 Å². The minimum Gasteiger partial charge on any atom is -0.477 e. The monoisotopic (exact) mass is 354 g/mol. The number of nitro groups is 1. The molecule has 2 rings (SSSR count). The van der Waals surface area contributed by atoms with Crippen LogP contribution in [0.5, 0.6) is 0 Å². The lowest BCUT2D eigenvalue weighted by Crippen LogP contribution is -2.02. The Morgan fingerprint density at radius 2 is 2.10 bits per heavy atom. The highest BCUT2D eigenvalue weighted by Crippen LogP contribution is 2.31. The lowest BCUT2D eigenvalue weighted by molar-refractivity contribution is -0.385. The van der Waals surface area contributed by atoms with Gasteiger partial charge < -0.3 is 5.11 Å². The van der Waals surface area contributed by atoms with Gasteiger partial charge in [0.25, 0.3) is 5.69 Å². The van der Waals surface area contributed by atoms with E-state index in [1.165, 1.54) is 30.0 Å². The largest absolute Gasteiger partial charge is 0.477 e. The molecule has 0 unspecified atom stereocenters. The zero-order valence-corrected chi connectivity index (χ0v) is 12.2. The Hall–Kier alpha value is -1.93. The number of nitro benzene ring substituents is 1. The van der Waals surface area contributed by atoms with Crippen LogP contribution >= 0.6 is 27.7 Å². The smallest absolute Gasteiger partial charge is 0.342 e. The molecule has 2 aromatic rings. The molecule has 1 aromatic carbocycles. The molecule has 0 aliphatic carbocycles. The second kappa shape index (κ2) is 6.02. The van der Waals surface area contributed by atoms with Crippen LogP contribution in [0.25, 0.3) is 0 Å². The summed E-state index contributed by atoms with van der Waals surface area (Å²) in [5.41, 5.74) is -0.761. The Labute approximate surface area is 126 Å². The number of benzene rings is 1.